The Hall–Kier alpha value is -2.02. The fourth-order valence-corrected chi connectivity index (χ4v) is 1.61. The monoisotopic (exact) mass is 271 g/mol. The second-order valence-electron chi connectivity index (χ2n) is 3.85. The molecule has 3 N–H and O–H groups in total. The van der Waals surface area contributed by atoms with Gasteiger partial charge in [0.2, 0.25) is 0 Å². The summed E-state index contributed by atoms with van der Waals surface area (Å²) in [6.45, 7) is 0.477. The third-order valence-electron chi connectivity index (χ3n) is 2.41. The molecule has 0 spiro atoms. The van der Waals surface area contributed by atoms with Crippen LogP contribution in [0.4, 0.5) is 13.2 Å². The van der Waals surface area contributed by atoms with E-state index in [1.165, 1.54) is 24.3 Å². The van der Waals surface area contributed by atoms with Crippen LogP contribution in [0.5, 0.6) is 5.75 Å². The number of halogens is 3. The van der Waals surface area contributed by atoms with Crippen molar-refractivity contribution in [3.05, 3.63) is 36.3 Å². The zero-order valence-electron chi connectivity index (χ0n) is 9.87. The van der Waals surface area contributed by atoms with E-state index in [-0.39, 0.29) is 5.75 Å². The van der Waals surface area contributed by atoms with Crippen molar-refractivity contribution in [3.8, 4) is 17.0 Å². The lowest BCUT2D eigenvalue weighted by Gasteiger charge is -2.08. The summed E-state index contributed by atoms with van der Waals surface area (Å²) in [6, 6.07) is 5.57. The van der Waals surface area contributed by atoms with Crippen molar-refractivity contribution in [2.24, 2.45) is 5.73 Å². The third-order valence-corrected chi connectivity index (χ3v) is 2.41. The second kappa shape index (κ2) is 5.31. The summed E-state index contributed by atoms with van der Waals surface area (Å²) < 4.78 is 39.8. The summed E-state index contributed by atoms with van der Waals surface area (Å²) in [5, 5.41) is 0. The molecule has 0 radical (unpaired) electrons. The number of nitrogens with zero attached hydrogens (tertiary/aromatic N) is 1. The van der Waals surface area contributed by atoms with Crippen LogP contribution in [0.25, 0.3) is 11.3 Å². The Morgan fingerprint density at radius 1 is 1.21 bits per heavy atom. The Morgan fingerprint density at radius 2 is 1.89 bits per heavy atom. The van der Waals surface area contributed by atoms with Gasteiger partial charge in [0.15, 0.2) is 0 Å². The number of nitrogens with two attached hydrogens (primary N) is 1. The number of alkyl halides is 3. The second-order valence-corrected chi connectivity index (χ2v) is 3.85. The van der Waals surface area contributed by atoms with E-state index < -0.39 is 6.36 Å². The van der Waals surface area contributed by atoms with Gasteiger partial charge < -0.3 is 15.5 Å². The summed E-state index contributed by atoms with van der Waals surface area (Å²) in [4.78, 5) is 7.16. The molecule has 0 aliphatic rings. The van der Waals surface area contributed by atoms with Crippen LogP contribution in [0.15, 0.2) is 30.5 Å². The van der Waals surface area contributed by atoms with Gasteiger partial charge in [-0.3, -0.25) is 0 Å². The van der Waals surface area contributed by atoms with Crippen LogP contribution >= 0.6 is 0 Å². The molecular weight excluding hydrogens is 259 g/mol. The number of ether oxygens (including phenoxy) is 1. The van der Waals surface area contributed by atoms with Gasteiger partial charge in [-0.2, -0.15) is 0 Å². The van der Waals surface area contributed by atoms with Crippen LogP contribution in [-0.2, 0) is 6.42 Å². The molecule has 0 saturated carbocycles. The Bertz CT molecular complexity index is 534. The average molecular weight is 271 g/mol. The molecule has 19 heavy (non-hydrogen) atoms. The number of rotatable bonds is 4. The SMILES string of the molecule is NCCc1ncc(-c2ccc(OC(F)(F)F)cc2)[nH]1. The quantitative estimate of drug-likeness (QED) is 0.897. The molecule has 4 nitrogen and oxygen atoms in total. The Kier molecular flexibility index (Phi) is 3.75. The lowest BCUT2D eigenvalue weighted by molar-refractivity contribution is -0.274. The van der Waals surface area contributed by atoms with E-state index in [9.17, 15) is 13.2 Å². The first-order valence-corrected chi connectivity index (χ1v) is 5.58. The molecule has 2 rings (SSSR count). The van der Waals surface area contributed by atoms with E-state index in [2.05, 4.69) is 14.7 Å². The summed E-state index contributed by atoms with van der Waals surface area (Å²) in [6.07, 6.45) is -2.44. The molecule has 0 fully saturated rings. The topological polar surface area (TPSA) is 63.9 Å². The molecule has 0 aliphatic carbocycles. The van der Waals surface area contributed by atoms with Gasteiger partial charge >= 0.3 is 6.36 Å². The zero-order chi connectivity index (χ0) is 13.9. The van der Waals surface area contributed by atoms with Crippen LogP contribution < -0.4 is 10.5 Å². The fourth-order valence-electron chi connectivity index (χ4n) is 1.61. The number of hydrogen-bond donors (Lipinski definition) is 2. The Labute approximate surface area is 107 Å². The summed E-state index contributed by atoms with van der Waals surface area (Å²) >= 11 is 0. The molecule has 0 saturated heterocycles. The smallest absolute Gasteiger partial charge is 0.406 e. The van der Waals surface area contributed by atoms with Crippen LogP contribution in [0, 0.1) is 0 Å². The largest absolute Gasteiger partial charge is 0.573 e. The molecule has 0 unspecified atom stereocenters. The molecule has 0 atom stereocenters. The maximum absolute atomic E-state index is 12.0. The van der Waals surface area contributed by atoms with Crippen molar-refractivity contribution in [3.63, 3.8) is 0 Å². The van der Waals surface area contributed by atoms with Gasteiger partial charge in [-0.25, -0.2) is 4.98 Å². The predicted molar refractivity (Wildman–Crippen MR) is 63.5 cm³/mol. The molecule has 7 heteroatoms. The Morgan fingerprint density at radius 3 is 2.47 bits per heavy atom. The summed E-state index contributed by atoms with van der Waals surface area (Å²) in [5.41, 5.74) is 6.86. The maximum Gasteiger partial charge on any atom is 0.573 e. The highest BCUT2D eigenvalue weighted by atomic mass is 19.4. The average Bonchev–Trinajstić information content (AvgIpc) is 2.77. The molecular formula is C12H12F3N3O. The van der Waals surface area contributed by atoms with Gasteiger partial charge in [0.25, 0.3) is 0 Å². The van der Waals surface area contributed by atoms with Gasteiger partial charge in [0.1, 0.15) is 11.6 Å². The summed E-state index contributed by atoms with van der Waals surface area (Å²) in [5.74, 6) is 0.492. The maximum atomic E-state index is 12.0. The first-order chi connectivity index (χ1) is 8.98. The molecule has 0 amide bonds. The number of H-pyrrole nitrogens is 1. The standard InChI is InChI=1S/C12H12F3N3O/c13-12(14,15)19-9-3-1-8(2-4-9)10-7-17-11(18-10)5-6-16/h1-4,7H,5-6,16H2,(H,17,18). The van der Waals surface area contributed by atoms with Crippen molar-refractivity contribution >= 4 is 0 Å². The first kappa shape index (κ1) is 13.4. The van der Waals surface area contributed by atoms with Crippen molar-refractivity contribution in [1.29, 1.82) is 0 Å². The van der Waals surface area contributed by atoms with E-state index in [1.807, 2.05) is 0 Å². The van der Waals surface area contributed by atoms with Gasteiger partial charge in [-0.05, 0) is 36.4 Å². The van der Waals surface area contributed by atoms with Crippen molar-refractivity contribution in [2.75, 3.05) is 6.54 Å². The normalized spacial score (nSPS) is 11.6. The number of aromatic amines is 1. The highest BCUT2D eigenvalue weighted by Gasteiger charge is 2.30. The number of aromatic nitrogens is 2. The molecule has 1 aromatic heterocycles. The number of nitrogens with one attached hydrogen (secondary N) is 1. The number of imidazole rings is 1. The summed E-state index contributed by atoms with van der Waals surface area (Å²) in [7, 11) is 0. The van der Waals surface area contributed by atoms with Gasteiger partial charge in [-0.1, -0.05) is 0 Å². The highest BCUT2D eigenvalue weighted by molar-refractivity contribution is 5.59. The van der Waals surface area contributed by atoms with E-state index in [0.717, 1.165) is 17.1 Å². The zero-order valence-corrected chi connectivity index (χ0v) is 9.87. The molecule has 0 bridgehead atoms. The fraction of sp³-hybridized carbons (Fsp3) is 0.250. The lowest BCUT2D eigenvalue weighted by atomic mass is 10.2. The first-order valence-electron chi connectivity index (χ1n) is 5.58. The minimum Gasteiger partial charge on any atom is -0.406 e. The highest BCUT2D eigenvalue weighted by Crippen LogP contribution is 2.25. The number of benzene rings is 1. The van der Waals surface area contributed by atoms with Crippen molar-refractivity contribution in [1.82, 2.24) is 9.97 Å². The van der Waals surface area contributed by atoms with Gasteiger partial charge in [0.05, 0.1) is 11.9 Å². The molecule has 1 heterocycles. The van der Waals surface area contributed by atoms with Gasteiger partial charge in [-0.15, -0.1) is 13.2 Å². The Balaban J connectivity index is 2.13. The van der Waals surface area contributed by atoms with E-state index in [0.29, 0.717) is 13.0 Å². The van der Waals surface area contributed by atoms with E-state index >= 15 is 0 Å². The van der Waals surface area contributed by atoms with Gasteiger partial charge in [0, 0.05) is 6.42 Å². The van der Waals surface area contributed by atoms with E-state index in [4.69, 9.17) is 5.73 Å². The van der Waals surface area contributed by atoms with E-state index in [1.54, 1.807) is 6.20 Å². The molecule has 1 aromatic carbocycles. The molecule has 0 aliphatic heterocycles. The molecule has 2 aromatic rings. The number of hydrogen-bond acceptors (Lipinski definition) is 3. The predicted octanol–water partition coefficient (Wildman–Crippen LogP) is 2.48. The molecule has 102 valence electrons. The van der Waals surface area contributed by atoms with Crippen LogP contribution in [0.3, 0.4) is 0 Å². The lowest BCUT2D eigenvalue weighted by Crippen LogP contribution is -2.16. The van der Waals surface area contributed by atoms with Crippen LogP contribution in [0.2, 0.25) is 0 Å². The minimum absolute atomic E-state index is 0.252. The van der Waals surface area contributed by atoms with Crippen LogP contribution in [-0.4, -0.2) is 22.9 Å². The van der Waals surface area contributed by atoms with Crippen LogP contribution in [0.1, 0.15) is 5.82 Å². The third kappa shape index (κ3) is 3.72. The minimum atomic E-state index is -4.68. The van der Waals surface area contributed by atoms with Crippen molar-refractivity contribution < 1.29 is 17.9 Å². The van der Waals surface area contributed by atoms with Crippen molar-refractivity contribution in [2.45, 2.75) is 12.8 Å².